The fraction of sp³-hybridized carbons (Fsp3) is 0.467. The lowest BCUT2D eigenvalue weighted by atomic mass is 9.92. The van der Waals surface area contributed by atoms with Crippen molar-refractivity contribution in [3.63, 3.8) is 0 Å². The molecular formula is C15H18N2O3. The van der Waals surface area contributed by atoms with Crippen LogP contribution in [0.1, 0.15) is 35.2 Å². The second-order valence-electron chi connectivity index (χ2n) is 5.53. The Morgan fingerprint density at radius 2 is 2.10 bits per heavy atom. The molecule has 5 heteroatoms. The van der Waals surface area contributed by atoms with Gasteiger partial charge in [-0.05, 0) is 49.4 Å². The maximum Gasteiger partial charge on any atom is 0.335 e. The number of amides is 2. The first-order valence-corrected chi connectivity index (χ1v) is 6.98. The van der Waals surface area contributed by atoms with Crippen LogP contribution < -0.4 is 4.90 Å². The van der Waals surface area contributed by atoms with Crippen molar-refractivity contribution in [2.75, 3.05) is 18.5 Å². The van der Waals surface area contributed by atoms with Crippen LogP contribution in [-0.4, -0.2) is 41.6 Å². The lowest BCUT2D eigenvalue weighted by Crippen LogP contribution is -2.48. The Labute approximate surface area is 117 Å². The third kappa shape index (κ3) is 2.03. The van der Waals surface area contributed by atoms with Crippen LogP contribution in [0.3, 0.4) is 0 Å². The molecule has 2 aliphatic rings. The highest BCUT2D eigenvalue weighted by atomic mass is 16.4. The average Bonchev–Trinajstić information content (AvgIpc) is 2.78. The van der Waals surface area contributed by atoms with Crippen LogP contribution >= 0.6 is 0 Å². The molecule has 5 nitrogen and oxygen atoms in total. The summed E-state index contributed by atoms with van der Waals surface area (Å²) in [5.74, 6) is -0.927. The van der Waals surface area contributed by atoms with E-state index in [1.54, 1.807) is 23.1 Å². The molecule has 2 amide bonds. The SMILES string of the molecule is CN(C(=O)N1CCc2cc(C(=O)O)ccc21)C1CCC1. The van der Waals surface area contributed by atoms with Gasteiger partial charge in [-0.1, -0.05) is 0 Å². The zero-order valence-electron chi connectivity index (χ0n) is 11.5. The zero-order chi connectivity index (χ0) is 14.3. The summed E-state index contributed by atoms with van der Waals surface area (Å²) < 4.78 is 0. The van der Waals surface area contributed by atoms with Crippen molar-refractivity contribution in [1.82, 2.24) is 4.90 Å². The number of fused-ring (bicyclic) bond motifs is 1. The van der Waals surface area contributed by atoms with Gasteiger partial charge >= 0.3 is 12.0 Å². The van der Waals surface area contributed by atoms with E-state index < -0.39 is 5.97 Å². The van der Waals surface area contributed by atoms with Gasteiger partial charge < -0.3 is 10.0 Å². The first kappa shape index (κ1) is 13.0. The number of rotatable bonds is 2. The zero-order valence-corrected chi connectivity index (χ0v) is 11.5. The summed E-state index contributed by atoms with van der Waals surface area (Å²) in [4.78, 5) is 27.1. The molecule has 1 heterocycles. The van der Waals surface area contributed by atoms with Gasteiger partial charge in [-0.3, -0.25) is 4.90 Å². The molecule has 106 valence electrons. The molecule has 20 heavy (non-hydrogen) atoms. The molecule has 0 bridgehead atoms. The number of anilines is 1. The normalized spacial score (nSPS) is 17.6. The van der Waals surface area contributed by atoms with Gasteiger partial charge in [-0.25, -0.2) is 9.59 Å². The minimum Gasteiger partial charge on any atom is -0.478 e. The molecule has 1 N–H and O–H groups in total. The highest BCUT2D eigenvalue weighted by Gasteiger charge is 2.32. The molecule has 1 aliphatic heterocycles. The van der Waals surface area contributed by atoms with Gasteiger partial charge in [-0.15, -0.1) is 0 Å². The molecule has 1 fully saturated rings. The monoisotopic (exact) mass is 274 g/mol. The van der Waals surface area contributed by atoms with Gasteiger partial charge in [0.15, 0.2) is 0 Å². The number of carboxylic acids is 1. The number of carboxylic acid groups (broad SMARTS) is 1. The quantitative estimate of drug-likeness (QED) is 0.900. The van der Waals surface area contributed by atoms with Crippen LogP contribution in [0.5, 0.6) is 0 Å². The average molecular weight is 274 g/mol. The Kier molecular flexibility index (Phi) is 3.12. The molecule has 0 spiro atoms. The van der Waals surface area contributed by atoms with Crippen molar-refractivity contribution in [3.8, 4) is 0 Å². The Morgan fingerprint density at radius 3 is 2.70 bits per heavy atom. The Bertz CT molecular complexity index is 566. The number of aromatic carboxylic acids is 1. The Hall–Kier alpha value is -2.04. The van der Waals surface area contributed by atoms with E-state index >= 15 is 0 Å². The summed E-state index contributed by atoms with van der Waals surface area (Å²) in [5, 5.41) is 9.00. The van der Waals surface area contributed by atoms with E-state index in [0.717, 1.165) is 30.5 Å². The minimum atomic E-state index is -0.927. The molecule has 0 unspecified atom stereocenters. The summed E-state index contributed by atoms with van der Waals surface area (Å²) in [5.41, 5.74) is 2.08. The third-order valence-electron chi connectivity index (χ3n) is 4.38. The van der Waals surface area contributed by atoms with Crippen LogP contribution in [0.2, 0.25) is 0 Å². The van der Waals surface area contributed by atoms with Crippen LogP contribution in [-0.2, 0) is 6.42 Å². The fourth-order valence-electron chi connectivity index (χ4n) is 2.85. The standard InChI is InChI=1S/C15H18N2O3/c1-16(12-3-2-4-12)15(20)17-8-7-10-9-11(14(18)19)5-6-13(10)17/h5-6,9,12H,2-4,7-8H2,1H3,(H,18,19). The van der Waals surface area contributed by atoms with Crippen molar-refractivity contribution in [2.45, 2.75) is 31.7 Å². The Morgan fingerprint density at radius 1 is 1.35 bits per heavy atom. The van der Waals surface area contributed by atoms with Gasteiger partial charge in [-0.2, -0.15) is 0 Å². The molecule has 1 aromatic rings. The molecule has 1 saturated carbocycles. The van der Waals surface area contributed by atoms with Crippen LogP contribution in [0.4, 0.5) is 10.5 Å². The summed E-state index contributed by atoms with van der Waals surface area (Å²) >= 11 is 0. The van der Waals surface area contributed by atoms with Crippen molar-refractivity contribution in [3.05, 3.63) is 29.3 Å². The lowest BCUT2D eigenvalue weighted by molar-refractivity contribution is 0.0697. The third-order valence-corrected chi connectivity index (χ3v) is 4.38. The second-order valence-corrected chi connectivity index (χ2v) is 5.53. The van der Waals surface area contributed by atoms with Crippen molar-refractivity contribution in [2.24, 2.45) is 0 Å². The number of hydrogen-bond donors (Lipinski definition) is 1. The lowest BCUT2D eigenvalue weighted by Gasteiger charge is -2.37. The molecule has 0 saturated heterocycles. The summed E-state index contributed by atoms with van der Waals surface area (Å²) in [6, 6.07) is 5.38. The van der Waals surface area contributed by atoms with E-state index in [2.05, 4.69) is 0 Å². The number of carbonyl (C=O) groups excluding carboxylic acids is 1. The summed E-state index contributed by atoms with van der Waals surface area (Å²) in [7, 11) is 1.86. The molecule has 1 aromatic carbocycles. The van der Waals surface area contributed by atoms with E-state index in [1.807, 2.05) is 11.9 Å². The predicted molar refractivity (Wildman–Crippen MR) is 75.2 cm³/mol. The molecule has 1 aliphatic carbocycles. The fourth-order valence-corrected chi connectivity index (χ4v) is 2.85. The summed E-state index contributed by atoms with van der Waals surface area (Å²) in [6.07, 6.45) is 4.09. The maximum absolute atomic E-state index is 12.5. The Balaban J connectivity index is 1.81. The van der Waals surface area contributed by atoms with E-state index in [9.17, 15) is 9.59 Å². The largest absolute Gasteiger partial charge is 0.478 e. The van der Waals surface area contributed by atoms with Gasteiger partial charge in [0.05, 0.1) is 5.56 Å². The van der Waals surface area contributed by atoms with E-state index in [4.69, 9.17) is 5.11 Å². The summed E-state index contributed by atoms with van der Waals surface area (Å²) in [6.45, 7) is 0.633. The van der Waals surface area contributed by atoms with E-state index in [0.29, 0.717) is 12.6 Å². The topological polar surface area (TPSA) is 60.9 Å². The van der Waals surface area contributed by atoms with Gasteiger partial charge in [0.1, 0.15) is 0 Å². The maximum atomic E-state index is 12.5. The number of benzene rings is 1. The first-order valence-electron chi connectivity index (χ1n) is 6.98. The van der Waals surface area contributed by atoms with E-state index in [-0.39, 0.29) is 11.6 Å². The van der Waals surface area contributed by atoms with Crippen LogP contribution in [0, 0.1) is 0 Å². The predicted octanol–water partition coefficient (Wildman–Crippen LogP) is 2.35. The molecule has 3 rings (SSSR count). The van der Waals surface area contributed by atoms with Crippen molar-refractivity contribution >= 4 is 17.7 Å². The van der Waals surface area contributed by atoms with Gasteiger partial charge in [0.2, 0.25) is 0 Å². The number of urea groups is 1. The van der Waals surface area contributed by atoms with Gasteiger partial charge in [0.25, 0.3) is 0 Å². The first-order chi connectivity index (χ1) is 9.58. The molecular weight excluding hydrogens is 256 g/mol. The van der Waals surface area contributed by atoms with Gasteiger partial charge in [0, 0.05) is 25.3 Å². The smallest absolute Gasteiger partial charge is 0.335 e. The van der Waals surface area contributed by atoms with E-state index in [1.165, 1.54) is 6.42 Å². The second kappa shape index (κ2) is 4.81. The number of nitrogens with zero attached hydrogens (tertiary/aromatic N) is 2. The molecule has 0 aromatic heterocycles. The van der Waals surface area contributed by atoms with Crippen LogP contribution in [0.25, 0.3) is 0 Å². The minimum absolute atomic E-state index is 0.0246. The molecule has 0 radical (unpaired) electrons. The van der Waals surface area contributed by atoms with Crippen molar-refractivity contribution < 1.29 is 14.7 Å². The highest BCUT2D eigenvalue weighted by Crippen LogP contribution is 2.31. The highest BCUT2D eigenvalue weighted by molar-refractivity contribution is 5.96. The van der Waals surface area contributed by atoms with Crippen molar-refractivity contribution in [1.29, 1.82) is 0 Å². The van der Waals surface area contributed by atoms with Crippen LogP contribution in [0.15, 0.2) is 18.2 Å². The number of carbonyl (C=O) groups is 2. The number of hydrogen-bond acceptors (Lipinski definition) is 2. The molecule has 0 atom stereocenters.